The molecule has 1 saturated carbocycles. The Morgan fingerprint density at radius 1 is 1.46 bits per heavy atom. The third kappa shape index (κ3) is 3.65. The van der Waals surface area contributed by atoms with Gasteiger partial charge in [-0.3, -0.25) is 0 Å². The standard InChI is InChI=1S/C11H23NO/c1-3-4-10(2)13-9-11(5-6-11)7-8-12/h10H,3-9,12H2,1-2H3. The van der Waals surface area contributed by atoms with Crippen molar-refractivity contribution in [3.05, 3.63) is 0 Å². The summed E-state index contributed by atoms with van der Waals surface area (Å²) in [6, 6.07) is 0. The van der Waals surface area contributed by atoms with Crippen LogP contribution in [-0.2, 0) is 4.74 Å². The normalized spacial score (nSPS) is 21.5. The Kier molecular flexibility index (Phi) is 4.20. The molecule has 0 aromatic rings. The van der Waals surface area contributed by atoms with Crippen molar-refractivity contribution in [1.82, 2.24) is 0 Å². The summed E-state index contributed by atoms with van der Waals surface area (Å²) in [4.78, 5) is 0. The third-order valence-corrected chi connectivity index (χ3v) is 3.00. The lowest BCUT2D eigenvalue weighted by atomic mass is 10.0. The van der Waals surface area contributed by atoms with Gasteiger partial charge in [-0.05, 0) is 44.6 Å². The van der Waals surface area contributed by atoms with E-state index in [1.54, 1.807) is 0 Å². The maximum Gasteiger partial charge on any atom is 0.0547 e. The molecule has 0 radical (unpaired) electrons. The minimum Gasteiger partial charge on any atom is -0.378 e. The van der Waals surface area contributed by atoms with Gasteiger partial charge in [0.05, 0.1) is 12.7 Å². The van der Waals surface area contributed by atoms with E-state index >= 15 is 0 Å². The zero-order valence-corrected chi connectivity index (χ0v) is 9.01. The molecule has 2 nitrogen and oxygen atoms in total. The second-order valence-corrected chi connectivity index (χ2v) is 4.45. The molecule has 0 spiro atoms. The number of hydrogen-bond donors (Lipinski definition) is 1. The van der Waals surface area contributed by atoms with E-state index in [4.69, 9.17) is 10.5 Å². The first-order valence-electron chi connectivity index (χ1n) is 5.54. The number of ether oxygens (including phenoxy) is 1. The first-order valence-corrected chi connectivity index (χ1v) is 5.54. The molecule has 0 aromatic carbocycles. The second kappa shape index (κ2) is 4.97. The van der Waals surface area contributed by atoms with Crippen molar-refractivity contribution in [2.24, 2.45) is 11.1 Å². The largest absolute Gasteiger partial charge is 0.378 e. The highest BCUT2D eigenvalue weighted by Gasteiger charge is 2.42. The van der Waals surface area contributed by atoms with Gasteiger partial charge in [0.15, 0.2) is 0 Å². The van der Waals surface area contributed by atoms with Gasteiger partial charge >= 0.3 is 0 Å². The van der Waals surface area contributed by atoms with Crippen LogP contribution in [0.4, 0.5) is 0 Å². The van der Waals surface area contributed by atoms with E-state index < -0.39 is 0 Å². The highest BCUT2D eigenvalue weighted by molar-refractivity contribution is 4.93. The van der Waals surface area contributed by atoms with Gasteiger partial charge < -0.3 is 10.5 Å². The van der Waals surface area contributed by atoms with Crippen LogP contribution in [-0.4, -0.2) is 19.3 Å². The molecule has 1 atom stereocenters. The van der Waals surface area contributed by atoms with E-state index in [9.17, 15) is 0 Å². The molecule has 0 heterocycles. The maximum atomic E-state index is 5.81. The predicted octanol–water partition coefficient (Wildman–Crippen LogP) is 2.32. The molecule has 0 bridgehead atoms. The maximum absolute atomic E-state index is 5.81. The molecular weight excluding hydrogens is 162 g/mol. The van der Waals surface area contributed by atoms with Crippen LogP contribution < -0.4 is 5.73 Å². The predicted molar refractivity (Wildman–Crippen MR) is 55.7 cm³/mol. The van der Waals surface area contributed by atoms with Crippen molar-refractivity contribution in [3.63, 3.8) is 0 Å². The Labute approximate surface area is 81.8 Å². The first-order chi connectivity index (χ1) is 6.22. The smallest absolute Gasteiger partial charge is 0.0547 e. The second-order valence-electron chi connectivity index (χ2n) is 4.45. The van der Waals surface area contributed by atoms with Crippen molar-refractivity contribution in [1.29, 1.82) is 0 Å². The summed E-state index contributed by atoms with van der Waals surface area (Å²) in [6.07, 6.45) is 6.61. The molecule has 0 saturated heterocycles. The van der Waals surface area contributed by atoms with Crippen LogP contribution in [0.25, 0.3) is 0 Å². The Bertz CT molecular complexity index is 143. The minimum atomic E-state index is 0.431. The Balaban J connectivity index is 2.10. The van der Waals surface area contributed by atoms with E-state index in [0.29, 0.717) is 11.5 Å². The first kappa shape index (κ1) is 11.0. The molecule has 0 aromatic heterocycles. The van der Waals surface area contributed by atoms with E-state index in [2.05, 4.69) is 13.8 Å². The molecule has 1 aliphatic rings. The fraction of sp³-hybridized carbons (Fsp3) is 1.00. The van der Waals surface area contributed by atoms with Crippen LogP contribution in [0, 0.1) is 5.41 Å². The van der Waals surface area contributed by atoms with Crippen molar-refractivity contribution >= 4 is 0 Å². The van der Waals surface area contributed by atoms with Crippen LogP contribution in [0.2, 0.25) is 0 Å². The average Bonchev–Trinajstić information content (AvgIpc) is 2.84. The SMILES string of the molecule is CCCC(C)OCC1(CCN)CC1. The Morgan fingerprint density at radius 3 is 2.62 bits per heavy atom. The van der Waals surface area contributed by atoms with Crippen molar-refractivity contribution in [2.75, 3.05) is 13.2 Å². The lowest BCUT2D eigenvalue weighted by Gasteiger charge is -2.18. The van der Waals surface area contributed by atoms with E-state index in [1.807, 2.05) is 0 Å². The molecule has 13 heavy (non-hydrogen) atoms. The lowest BCUT2D eigenvalue weighted by Crippen LogP contribution is -2.19. The van der Waals surface area contributed by atoms with Crippen LogP contribution in [0.15, 0.2) is 0 Å². The molecule has 0 aliphatic heterocycles. The molecule has 2 heteroatoms. The molecule has 78 valence electrons. The monoisotopic (exact) mass is 185 g/mol. The van der Waals surface area contributed by atoms with Crippen molar-refractivity contribution < 1.29 is 4.74 Å². The molecule has 1 unspecified atom stereocenters. The topological polar surface area (TPSA) is 35.2 Å². The molecule has 1 rings (SSSR count). The van der Waals surface area contributed by atoms with Gasteiger partial charge in [0.1, 0.15) is 0 Å². The van der Waals surface area contributed by atoms with Gasteiger partial charge in [-0.25, -0.2) is 0 Å². The fourth-order valence-corrected chi connectivity index (χ4v) is 1.76. The fourth-order valence-electron chi connectivity index (χ4n) is 1.76. The molecule has 0 amide bonds. The third-order valence-electron chi connectivity index (χ3n) is 3.00. The summed E-state index contributed by atoms with van der Waals surface area (Å²) in [5.74, 6) is 0. The van der Waals surface area contributed by atoms with Crippen LogP contribution in [0.1, 0.15) is 46.0 Å². The van der Waals surface area contributed by atoms with Gasteiger partial charge in [0.2, 0.25) is 0 Å². The number of hydrogen-bond acceptors (Lipinski definition) is 2. The summed E-state index contributed by atoms with van der Waals surface area (Å²) in [7, 11) is 0. The van der Waals surface area contributed by atoms with Gasteiger partial charge in [-0.1, -0.05) is 13.3 Å². The highest BCUT2D eigenvalue weighted by atomic mass is 16.5. The van der Waals surface area contributed by atoms with Gasteiger partial charge in [-0.2, -0.15) is 0 Å². The molecule has 1 aliphatic carbocycles. The average molecular weight is 185 g/mol. The quantitative estimate of drug-likeness (QED) is 0.660. The lowest BCUT2D eigenvalue weighted by molar-refractivity contribution is 0.0262. The summed E-state index contributed by atoms with van der Waals surface area (Å²) in [5, 5.41) is 0. The van der Waals surface area contributed by atoms with Crippen LogP contribution >= 0.6 is 0 Å². The van der Waals surface area contributed by atoms with E-state index in [1.165, 1.54) is 25.7 Å². The van der Waals surface area contributed by atoms with E-state index in [0.717, 1.165) is 19.6 Å². The van der Waals surface area contributed by atoms with Crippen LogP contribution in [0.3, 0.4) is 0 Å². The van der Waals surface area contributed by atoms with Crippen molar-refractivity contribution in [3.8, 4) is 0 Å². The van der Waals surface area contributed by atoms with Crippen molar-refractivity contribution in [2.45, 2.75) is 52.1 Å². The summed E-state index contributed by atoms with van der Waals surface area (Å²) in [5.41, 5.74) is 6.05. The Morgan fingerprint density at radius 2 is 2.15 bits per heavy atom. The number of rotatable bonds is 7. The van der Waals surface area contributed by atoms with Gasteiger partial charge in [0, 0.05) is 0 Å². The Hall–Kier alpha value is -0.0800. The zero-order chi connectivity index (χ0) is 9.73. The molecule has 1 fully saturated rings. The van der Waals surface area contributed by atoms with E-state index in [-0.39, 0.29) is 0 Å². The minimum absolute atomic E-state index is 0.431. The summed E-state index contributed by atoms with van der Waals surface area (Å²) >= 11 is 0. The van der Waals surface area contributed by atoms with Gasteiger partial charge in [-0.15, -0.1) is 0 Å². The summed E-state index contributed by atoms with van der Waals surface area (Å²) in [6.45, 7) is 6.12. The van der Waals surface area contributed by atoms with Gasteiger partial charge in [0.25, 0.3) is 0 Å². The highest BCUT2D eigenvalue weighted by Crippen LogP contribution is 2.48. The number of nitrogens with two attached hydrogens (primary N) is 1. The van der Waals surface area contributed by atoms with Crippen LogP contribution in [0.5, 0.6) is 0 Å². The summed E-state index contributed by atoms with van der Waals surface area (Å²) < 4.78 is 5.81. The molecular formula is C11H23NO. The molecule has 2 N–H and O–H groups in total. The zero-order valence-electron chi connectivity index (χ0n) is 9.01.